The Bertz CT molecular complexity index is 511. The molecule has 0 aliphatic heterocycles. The van der Waals surface area contributed by atoms with E-state index >= 15 is 0 Å². The average molecular weight is 310 g/mol. The van der Waals surface area contributed by atoms with Crippen molar-refractivity contribution in [2.24, 2.45) is 18.7 Å². The monoisotopic (exact) mass is 309 g/mol. The van der Waals surface area contributed by atoms with Gasteiger partial charge < -0.3 is 5.73 Å². The van der Waals surface area contributed by atoms with Crippen molar-refractivity contribution in [2.45, 2.75) is 12.8 Å². The Labute approximate surface area is 115 Å². The summed E-state index contributed by atoms with van der Waals surface area (Å²) in [7, 11) is 1.77. The number of nitrogens with two attached hydrogens (primary N) is 1. The second-order valence-electron chi connectivity index (χ2n) is 4.30. The molecule has 2 aromatic rings. The van der Waals surface area contributed by atoms with Crippen LogP contribution in [0.5, 0.6) is 0 Å². The molecule has 6 heteroatoms. The number of hydrogen-bond acceptors (Lipinski definition) is 4. The van der Waals surface area contributed by atoms with E-state index in [-0.39, 0.29) is 0 Å². The topological polar surface area (TPSA) is 69.6 Å². The lowest BCUT2D eigenvalue weighted by molar-refractivity contribution is 0.516. The maximum atomic E-state index is 5.83. The quantitative estimate of drug-likeness (QED) is 0.904. The van der Waals surface area contributed by atoms with Gasteiger partial charge in [0.1, 0.15) is 0 Å². The van der Waals surface area contributed by atoms with Gasteiger partial charge in [-0.05, 0) is 35.7 Å². The number of aryl methyl sites for hydroxylation is 1. The lowest BCUT2D eigenvalue weighted by atomic mass is 9.96. The molecular weight excluding hydrogens is 294 g/mol. The zero-order valence-corrected chi connectivity index (χ0v) is 11.8. The van der Waals surface area contributed by atoms with Gasteiger partial charge in [0.25, 0.3) is 0 Å². The van der Waals surface area contributed by atoms with E-state index in [0.717, 1.165) is 23.1 Å². The van der Waals surface area contributed by atoms with E-state index < -0.39 is 0 Å². The summed E-state index contributed by atoms with van der Waals surface area (Å²) in [6.07, 6.45) is 1.67. The number of nitrogens with zero attached hydrogens (tertiary/aromatic N) is 4. The minimum atomic E-state index is 0.327. The molecule has 1 unspecified atom stereocenters. The van der Waals surface area contributed by atoms with Gasteiger partial charge in [0.2, 0.25) is 0 Å². The van der Waals surface area contributed by atoms with Crippen LogP contribution >= 0.6 is 15.9 Å². The second-order valence-corrected chi connectivity index (χ2v) is 5.15. The molecule has 5 nitrogen and oxygen atoms in total. The van der Waals surface area contributed by atoms with Crippen molar-refractivity contribution in [3.63, 3.8) is 0 Å². The molecule has 0 aliphatic rings. The van der Waals surface area contributed by atoms with Gasteiger partial charge >= 0.3 is 0 Å². The summed E-state index contributed by atoms with van der Waals surface area (Å²) in [5.41, 5.74) is 7.09. The second kappa shape index (κ2) is 6.06. The highest BCUT2D eigenvalue weighted by atomic mass is 79.9. The Kier molecular flexibility index (Phi) is 4.43. The third-order valence-electron chi connectivity index (χ3n) is 2.82. The van der Waals surface area contributed by atoms with Crippen LogP contribution in [-0.4, -0.2) is 26.8 Å². The summed E-state index contributed by atoms with van der Waals surface area (Å²) in [5.74, 6) is 1.08. The van der Waals surface area contributed by atoms with E-state index in [9.17, 15) is 0 Å². The predicted octanol–water partition coefficient (Wildman–Crippen LogP) is 1.33. The van der Waals surface area contributed by atoms with Crippen LogP contribution in [-0.2, 0) is 19.9 Å². The highest BCUT2D eigenvalue weighted by Gasteiger charge is 2.13. The van der Waals surface area contributed by atoms with E-state index in [0.29, 0.717) is 12.5 Å². The molecule has 0 amide bonds. The van der Waals surface area contributed by atoms with Crippen molar-refractivity contribution < 1.29 is 0 Å². The number of benzene rings is 1. The maximum absolute atomic E-state index is 5.83. The average Bonchev–Trinajstić information content (AvgIpc) is 2.76. The molecular formula is C12H16BrN5. The van der Waals surface area contributed by atoms with E-state index in [1.165, 1.54) is 10.4 Å². The van der Waals surface area contributed by atoms with E-state index in [2.05, 4.69) is 37.4 Å². The molecule has 1 atom stereocenters. The van der Waals surface area contributed by atoms with Crippen molar-refractivity contribution in [1.82, 2.24) is 20.2 Å². The SMILES string of the molecule is Cn1nnc(CC(CN)Cc2ccccc2Br)n1. The largest absolute Gasteiger partial charge is 0.330 e. The Balaban J connectivity index is 2.04. The van der Waals surface area contributed by atoms with Crippen molar-refractivity contribution in [3.05, 3.63) is 40.1 Å². The smallest absolute Gasteiger partial charge is 0.175 e. The van der Waals surface area contributed by atoms with Gasteiger partial charge in [0.15, 0.2) is 5.82 Å². The Morgan fingerprint density at radius 2 is 2.11 bits per heavy atom. The first-order valence-corrected chi connectivity index (χ1v) is 6.64. The number of aromatic nitrogens is 4. The fourth-order valence-corrected chi connectivity index (χ4v) is 2.32. The fourth-order valence-electron chi connectivity index (χ4n) is 1.88. The molecule has 1 aromatic heterocycles. The maximum Gasteiger partial charge on any atom is 0.175 e. The molecule has 0 radical (unpaired) electrons. The molecule has 18 heavy (non-hydrogen) atoms. The Morgan fingerprint density at radius 3 is 2.72 bits per heavy atom. The highest BCUT2D eigenvalue weighted by Crippen LogP contribution is 2.20. The van der Waals surface area contributed by atoms with Crippen LogP contribution in [0.15, 0.2) is 28.7 Å². The van der Waals surface area contributed by atoms with Gasteiger partial charge in [0, 0.05) is 10.9 Å². The van der Waals surface area contributed by atoms with Crippen LogP contribution in [0, 0.1) is 5.92 Å². The van der Waals surface area contributed by atoms with Crippen LogP contribution < -0.4 is 5.73 Å². The molecule has 2 N–H and O–H groups in total. The lowest BCUT2D eigenvalue weighted by Crippen LogP contribution is -2.20. The van der Waals surface area contributed by atoms with E-state index in [4.69, 9.17) is 5.73 Å². The molecule has 0 aliphatic carbocycles. The van der Waals surface area contributed by atoms with Gasteiger partial charge in [0.05, 0.1) is 7.05 Å². The summed E-state index contributed by atoms with van der Waals surface area (Å²) in [5, 5.41) is 12.0. The van der Waals surface area contributed by atoms with E-state index in [1.54, 1.807) is 7.05 Å². The van der Waals surface area contributed by atoms with Crippen molar-refractivity contribution >= 4 is 15.9 Å². The third-order valence-corrected chi connectivity index (χ3v) is 3.59. The number of halogens is 1. The Hall–Kier alpha value is -1.27. The van der Waals surface area contributed by atoms with Gasteiger partial charge in [-0.2, -0.15) is 4.80 Å². The number of hydrogen-bond donors (Lipinski definition) is 1. The van der Waals surface area contributed by atoms with Crippen LogP contribution in [0.3, 0.4) is 0 Å². The van der Waals surface area contributed by atoms with Gasteiger partial charge in [-0.25, -0.2) is 0 Å². The first kappa shape index (κ1) is 13.2. The third kappa shape index (κ3) is 3.36. The van der Waals surface area contributed by atoms with Crippen molar-refractivity contribution in [3.8, 4) is 0 Å². The summed E-state index contributed by atoms with van der Waals surface area (Å²) in [6.45, 7) is 0.611. The molecule has 0 spiro atoms. The summed E-state index contributed by atoms with van der Waals surface area (Å²) < 4.78 is 1.12. The Morgan fingerprint density at radius 1 is 1.33 bits per heavy atom. The fraction of sp³-hybridized carbons (Fsp3) is 0.417. The minimum Gasteiger partial charge on any atom is -0.330 e. The normalized spacial score (nSPS) is 12.6. The molecule has 1 heterocycles. The van der Waals surface area contributed by atoms with Crippen molar-refractivity contribution in [1.29, 1.82) is 0 Å². The number of tetrazole rings is 1. The van der Waals surface area contributed by atoms with Gasteiger partial charge in [-0.15, -0.1) is 10.2 Å². The first-order chi connectivity index (χ1) is 8.69. The van der Waals surface area contributed by atoms with Gasteiger partial charge in [-0.3, -0.25) is 0 Å². The molecule has 0 fully saturated rings. The number of rotatable bonds is 5. The first-order valence-electron chi connectivity index (χ1n) is 5.85. The molecule has 96 valence electrons. The van der Waals surface area contributed by atoms with Crippen molar-refractivity contribution in [2.75, 3.05) is 6.54 Å². The highest BCUT2D eigenvalue weighted by molar-refractivity contribution is 9.10. The predicted molar refractivity (Wildman–Crippen MR) is 72.9 cm³/mol. The molecule has 1 aromatic carbocycles. The van der Waals surface area contributed by atoms with Gasteiger partial charge in [-0.1, -0.05) is 34.1 Å². The van der Waals surface area contributed by atoms with Crippen LogP contribution in [0.25, 0.3) is 0 Å². The standard InChI is InChI=1S/C12H16BrN5/c1-18-16-12(15-17-18)7-9(8-14)6-10-4-2-3-5-11(10)13/h2-5,9H,6-8,14H2,1H3. The van der Waals surface area contributed by atoms with Crippen LogP contribution in [0.4, 0.5) is 0 Å². The summed E-state index contributed by atoms with van der Waals surface area (Å²) in [6, 6.07) is 8.20. The minimum absolute atomic E-state index is 0.327. The summed E-state index contributed by atoms with van der Waals surface area (Å²) >= 11 is 3.55. The van der Waals surface area contributed by atoms with Crippen LogP contribution in [0.2, 0.25) is 0 Å². The zero-order valence-electron chi connectivity index (χ0n) is 10.3. The molecule has 0 saturated carbocycles. The lowest BCUT2D eigenvalue weighted by Gasteiger charge is -2.13. The van der Waals surface area contributed by atoms with Crippen LogP contribution in [0.1, 0.15) is 11.4 Å². The molecule has 2 rings (SSSR count). The van der Waals surface area contributed by atoms with E-state index in [1.807, 2.05) is 18.2 Å². The molecule has 0 saturated heterocycles. The zero-order chi connectivity index (χ0) is 13.0. The molecule has 0 bridgehead atoms. The summed E-state index contributed by atoms with van der Waals surface area (Å²) in [4.78, 5) is 1.47.